The quantitative estimate of drug-likeness (QED) is 0.176. The summed E-state index contributed by atoms with van der Waals surface area (Å²) in [7, 11) is 0.109. The maximum atomic E-state index is 12.3. The molecule has 15 heteroatoms. The molecule has 1 amide bonds. The number of carbonyl (C=O) groups is 2. The van der Waals surface area contributed by atoms with Crippen LogP contribution in [-0.4, -0.2) is 76.1 Å². The highest BCUT2D eigenvalue weighted by molar-refractivity contribution is 7.46. The molecule has 1 unspecified atom stereocenters. The zero-order valence-corrected chi connectivity index (χ0v) is 24.5. The highest BCUT2D eigenvalue weighted by atomic mass is 31.2. The van der Waals surface area contributed by atoms with Crippen LogP contribution in [0.2, 0.25) is 0 Å². The minimum Gasteiger partial charge on any atom is -0.478 e. The average molecular weight is 596 g/mol. The summed E-state index contributed by atoms with van der Waals surface area (Å²) in [6.07, 6.45) is 0.546. The summed E-state index contributed by atoms with van der Waals surface area (Å²) in [5.74, 6) is -1.41. The second-order valence-electron chi connectivity index (χ2n) is 8.39. The van der Waals surface area contributed by atoms with Gasteiger partial charge in [0, 0.05) is 21.1 Å². The molecule has 1 aromatic carbocycles. The van der Waals surface area contributed by atoms with Crippen molar-refractivity contribution in [2.75, 3.05) is 32.3 Å². The molecular formula is C26H37N6O8P. The van der Waals surface area contributed by atoms with Gasteiger partial charge in [-0.3, -0.25) is 24.5 Å². The molecule has 14 nitrogen and oxygen atoms in total. The Labute approximate surface area is 242 Å². The lowest BCUT2D eigenvalue weighted by Crippen LogP contribution is -2.23. The Balaban J connectivity index is 0.000000641. The van der Waals surface area contributed by atoms with Gasteiger partial charge >= 0.3 is 5.97 Å². The number of carbonyl (C=O) groups excluding carboxylic acids is 1. The molecule has 3 atom stereocenters. The van der Waals surface area contributed by atoms with E-state index in [1.54, 1.807) is 62.3 Å². The molecule has 0 radical (unpaired) electrons. The van der Waals surface area contributed by atoms with E-state index in [1.807, 2.05) is 6.07 Å². The lowest BCUT2D eigenvalue weighted by atomic mass is 10.2. The number of imidazole rings is 1. The Morgan fingerprint density at radius 2 is 2.00 bits per heavy atom. The van der Waals surface area contributed by atoms with E-state index >= 15 is 0 Å². The number of H-pyrrole nitrogens is 1. The zero-order chi connectivity index (χ0) is 32.4. The number of aliphatic hydroxyl groups excluding tert-OH is 1. The standard InChI is InChI=1S/C18H27N6O5P.C7H6O2.CH4O/c1-11(2)16(25)22-18-21-15-14(17(26)23-18)20-10-24(15)13(4)29-12(3)9-28-30(5)27-8-6-7-19;8-7(9)6-4-2-1-3-5-6;1-2/h10-13H,6,8-9H2,1-5H3,(H2,21,22,23,25,26);1-5H,(H,8,9);2H,1H3/t12-,13-,30?;;/m1../s1/i3D;;2T. The Hall–Kier alpha value is -3.73. The second kappa shape index (κ2) is 18.6. The maximum Gasteiger partial charge on any atom is 0.335 e. The van der Waals surface area contributed by atoms with Crippen LogP contribution in [0.3, 0.4) is 0 Å². The van der Waals surface area contributed by atoms with Crippen molar-refractivity contribution in [2.24, 2.45) is 5.92 Å². The number of aromatic amines is 1. The number of amides is 1. The van der Waals surface area contributed by atoms with Gasteiger partial charge in [0.2, 0.25) is 13.3 Å². The van der Waals surface area contributed by atoms with Gasteiger partial charge in [-0.1, -0.05) is 32.0 Å². The fraction of sp³-hybridized carbons (Fsp3) is 0.462. The lowest BCUT2D eigenvalue weighted by molar-refractivity contribution is -0.118. The van der Waals surface area contributed by atoms with Crippen LogP contribution in [0.5, 0.6) is 0 Å². The third kappa shape index (κ3) is 12.1. The number of anilines is 1. The average Bonchev–Trinajstić information content (AvgIpc) is 3.41. The van der Waals surface area contributed by atoms with E-state index in [4.69, 9.17) is 27.0 Å². The maximum absolute atomic E-state index is 12.3. The number of carboxylic acids is 1. The molecule has 0 aliphatic carbocycles. The topological polar surface area (TPSA) is 202 Å². The van der Waals surface area contributed by atoms with Crippen LogP contribution in [0.15, 0.2) is 41.5 Å². The smallest absolute Gasteiger partial charge is 0.335 e. The SMILES string of the molecule is O=C(O)c1ccccc1.[2H]C[C@H](COP(C)OCCC#N)O[C@H](C)n1cnc2c(=O)[nH]c(NC(=O)C(C)C)nc21.[3H]OC. The van der Waals surface area contributed by atoms with Gasteiger partial charge in [0.05, 0.1) is 43.7 Å². The number of carboxylic acid groups (broad SMARTS) is 1. The predicted molar refractivity (Wildman–Crippen MR) is 153 cm³/mol. The van der Waals surface area contributed by atoms with Gasteiger partial charge in [0.1, 0.15) is 6.23 Å². The molecule has 3 rings (SSSR count). The fourth-order valence-corrected chi connectivity index (χ4v) is 3.72. The van der Waals surface area contributed by atoms with Gasteiger partial charge in [-0.25, -0.2) is 9.78 Å². The van der Waals surface area contributed by atoms with Crippen molar-refractivity contribution in [1.82, 2.24) is 19.5 Å². The number of fused-ring (bicyclic) bond motifs is 1. The number of benzene rings is 1. The molecule has 0 saturated carbocycles. The summed E-state index contributed by atoms with van der Waals surface area (Å²) in [6.45, 7) is 7.33. The first kappa shape index (κ1) is 31.8. The van der Waals surface area contributed by atoms with Crippen molar-refractivity contribution in [3.8, 4) is 6.07 Å². The predicted octanol–water partition coefficient (Wildman–Crippen LogP) is 3.52. The molecule has 0 fully saturated rings. The Morgan fingerprint density at radius 1 is 1.32 bits per heavy atom. The summed E-state index contributed by atoms with van der Waals surface area (Å²) >= 11 is 0. The third-order valence-corrected chi connectivity index (χ3v) is 5.99. The van der Waals surface area contributed by atoms with Gasteiger partial charge < -0.3 is 24.0 Å². The van der Waals surface area contributed by atoms with E-state index in [0.29, 0.717) is 12.2 Å². The Kier molecular flexibility index (Phi) is 14.4. The van der Waals surface area contributed by atoms with Crippen molar-refractivity contribution in [3.63, 3.8) is 0 Å². The molecule has 4 N–H and O–H groups in total. The van der Waals surface area contributed by atoms with E-state index in [-0.39, 0.29) is 48.9 Å². The molecule has 41 heavy (non-hydrogen) atoms. The first-order valence-corrected chi connectivity index (χ1v) is 14.0. The van der Waals surface area contributed by atoms with Crippen LogP contribution in [0.25, 0.3) is 11.2 Å². The van der Waals surface area contributed by atoms with Crippen LogP contribution < -0.4 is 10.9 Å². The van der Waals surface area contributed by atoms with E-state index in [9.17, 15) is 14.4 Å². The van der Waals surface area contributed by atoms with Crippen molar-refractivity contribution in [1.29, 1.82) is 6.69 Å². The van der Waals surface area contributed by atoms with E-state index in [2.05, 4.69) is 25.4 Å². The highest BCUT2D eigenvalue weighted by Gasteiger charge is 2.19. The summed E-state index contributed by atoms with van der Waals surface area (Å²) < 4.78 is 31.9. The molecular weight excluding hydrogens is 555 g/mol. The van der Waals surface area contributed by atoms with Gasteiger partial charge in [-0.05, 0) is 26.0 Å². The highest BCUT2D eigenvalue weighted by Crippen LogP contribution is 2.33. The minimum atomic E-state index is -1.18. The van der Waals surface area contributed by atoms with Crippen molar-refractivity contribution >= 4 is 37.4 Å². The van der Waals surface area contributed by atoms with Crippen molar-refractivity contribution < 1.29 is 35.0 Å². The Morgan fingerprint density at radius 3 is 2.56 bits per heavy atom. The Bertz CT molecular complexity index is 1370. The minimum absolute atomic E-state index is 0.0247. The van der Waals surface area contributed by atoms with Gasteiger partial charge in [-0.2, -0.15) is 10.2 Å². The zero-order valence-electron chi connectivity index (χ0n) is 25.6. The van der Waals surface area contributed by atoms with Crippen LogP contribution in [0.4, 0.5) is 5.95 Å². The van der Waals surface area contributed by atoms with E-state index in [1.165, 1.54) is 13.4 Å². The number of hydrogen-bond donors (Lipinski definition) is 4. The molecule has 0 saturated heterocycles. The number of ether oxygens (including phenoxy) is 1. The van der Waals surface area contributed by atoms with Crippen LogP contribution >= 0.6 is 8.38 Å². The molecule has 0 bridgehead atoms. The van der Waals surface area contributed by atoms with Crippen LogP contribution in [-0.2, 0) is 18.6 Å². The number of nitrogens with one attached hydrogen (secondary N) is 2. The summed E-state index contributed by atoms with van der Waals surface area (Å²) in [6, 6.07) is 10.3. The lowest BCUT2D eigenvalue weighted by Gasteiger charge is -2.22. The largest absolute Gasteiger partial charge is 0.478 e. The third-order valence-electron chi connectivity index (χ3n) is 4.93. The molecule has 3 aromatic rings. The molecule has 224 valence electrons. The molecule has 0 aliphatic heterocycles. The number of nitriles is 1. The van der Waals surface area contributed by atoms with E-state index in [0.717, 1.165) is 0 Å². The van der Waals surface area contributed by atoms with Gasteiger partial charge in [-0.15, -0.1) is 0 Å². The van der Waals surface area contributed by atoms with Crippen molar-refractivity contribution in [3.05, 3.63) is 52.6 Å². The fourth-order valence-electron chi connectivity index (χ4n) is 2.92. The normalized spacial score (nSPS) is 13.3. The number of aliphatic hydroxyl groups is 1. The molecule has 0 aliphatic rings. The second-order valence-corrected chi connectivity index (χ2v) is 9.78. The molecule has 0 spiro atoms. The number of hydrogen-bond acceptors (Lipinski definition) is 10. The summed E-state index contributed by atoms with van der Waals surface area (Å²) in [5.41, 5.74) is 0.205. The van der Waals surface area contributed by atoms with E-state index < -0.39 is 32.2 Å². The number of aromatic carboxylic acids is 1. The van der Waals surface area contributed by atoms with Crippen LogP contribution in [0, 0.1) is 17.2 Å². The number of nitrogens with zero attached hydrogens (tertiary/aromatic N) is 4. The first-order valence-electron chi connectivity index (χ1n) is 13.5. The van der Waals surface area contributed by atoms with Gasteiger partial charge in [0.15, 0.2) is 19.5 Å². The van der Waals surface area contributed by atoms with Crippen molar-refractivity contribution in [2.45, 2.75) is 46.4 Å². The molecule has 2 aromatic heterocycles. The number of aromatic nitrogens is 4. The monoisotopic (exact) mass is 595 g/mol. The van der Waals surface area contributed by atoms with Gasteiger partial charge in [0.25, 0.3) is 5.56 Å². The summed E-state index contributed by atoms with van der Waals surface area (Å²) in [5, 5.41) is 23.0. The summed E-state index contributed by atoms with van der Waals surface area (Å²) in [4.78, 5) is 45.3. The first-order chi connectivity index (χ1) is 20.5. The number of rotatable bonds is 12. The molecule has 2 heterocycles. The van der Waals surface area contributed by atoms with Crippen LogP contribution in [0.1, 0.15) is 52.0 Å².